The lowest BCUT2D eigenvalue weighted by molar-refractivity contribution is -0.385. The number of nitrogens with one attached hydrogen (secondary N) is 1. The molecule has 2 fully saturated rings. The highest BCUT2D eigenvalue weighted by molar-refractivity contribution is 5.35. The molecule has 5 heteroatoms. The summed E-state index contributed by atoms with van der Waals surface area (Å²) >= 11 is 0. The van der Waals surface area contributed by atoms with E-state index in [1.54, 1.807) is 18.2 Å². The van der Waals surface area contributed by atoms with E-state index in [0.29, 0.717) is 6.04 Å². The van der Waals surface area contributed by atoms with Gasteiger partial charge in [0.2, 0.25) is 0 Å². The van der Waals surface area contributed by atoms with Crippen LogP contribution in [-0.2, 0) is 0 Å². The highest BCUT2D eigenvalue weighted by atomic mass is 16.6. The minimum Gasteiger partial charge on any atom is -0.316 e. The van der Waals surface area contributed by atoms with E-state index in [4.69, 9.17) is 0 Å². The quantitative estimate of drug-likeness (QED) is 0.683. The van der Waals surface area contributed by atoms with Gasteiger partial charge in [-0.2, -0.15) is 0 Å². The molecule has 0 aliphatic carbocycles. The van der Waals surface area contributed by atoms with E-state index in [0.717, 1.165) is 43.5 Å². The number of hydrogen-bond donors (Lipinski definition) is 1. The Morgan fingerprint density at radius 2 is 2.29 bits per heavy atom. The number of nitro groups is 1. The van der Waals surface area contributed by atoms with Crippen LogP contribution in [-0.4, -0.2) is 35.5 Å². The highest BCUT2D eigenvalue weighted by Gasteiger charge is 2.44. The summed E-state index contributed by atoms with van der Waals surface area (Å²) in [5, 5.41) is 14.5. The van der Waals surface area contributed by atoms with Crippen molar-refractivity contribution in [1.82, 2.24) is 10.2 Å². The Morgan fingerprint density at radius 3 is 3.00 bits per heavy atom. The molecule has 2 aliphatic rings. The molecular weight excluding hydrogens is 266 g/mol. The van der Waals surface area contributed by atoms with Gasteiger partial charge in [0.25, 0.3) is 5.69 Å². The summed E-state index contributed by atoms with van der Waals surface area (Å²) in [5.74, 6) is 1.47. The van der Waals surface area contributed by atoms with Gasteiger partial charge in [-0.15, -0.1) is 0 Å². The van der Waals surface area contributed by atoms with E-state index < -0.39 is 0 Å². The molecule has 2 aliphatic heterocycles. The second kappa shape index (κ2) is 5.73. The first-order valence-corrected chi connectivity index (χ1v) is 7.82. The lowest BCUT2D eigenvalue weighted by Gasteiger charge is -2.32. The van der Waals surface area contributed by atoms with Crippen molar-refractivity contribution in [2.75, 3.05) is 19.6 Å². The number of nitrogens with zero attached hydrogens (tertiary/aromatic N) is 2. The van der Waals surface area contributed by atoms with Gasteiger partial charge in [0.15, 0.2) is 0 Å². The molecule has 2 heterocycles. The Balaban J connectivity index is 1.83. The SMILES string of the molecule is CCC1C2CNCC2CN1C(C)c1cccc([N+](=O)[O-])c1. The van der Waals surface area contributed by atoms with Crippen LogP contribution in [0.4, 0.5) is 5.69 Å². The molecule has 0 saturated carbocycles. The van der Waals surface area contributed by atoms with Crippen LogP contribution in [0.5, 0.6) is 0 Å². The third kappa shape index (κ3) is 2.56. The van der Waals surface area contributed by atoms with Crippen LogP contribution in [0, 0.1) is 22.0 Å². The van der Waals surface area contributed by atoms with E-state index >= 15 is 0 Å². The molecule has 2 saturated heterocycles. The fourth-order valence-corrected chi connectivity index (χ4v) is 4.13. The molecule has 1 N–H and O–H groups in total. The molecule has 4 atom stereocenters. The van der Waals surface area contributed by atoms with Crippen molar-refractivity contribution in [3.8, 4) is 0 Å². The number of nitro benzene ring substituents is 1. The number of fused-ring (bicyclic) bond motifs is 1. The van der Waals surface area contributed by atoms with Crippen molar-refractivity contribution in [3.63, 3.8) is 0 Å². The Hall–Kier alpha value is -1.46. The van der Waals surface area contributed by atoms with Crippen LogP contribution in [0.15, 0.2) is 24.3 Å². The Labute approximate surface area is 125 Å². The smallest absolute Gasteiger partial charge is 0.269 e. The van der Waals surface area contributed by atoms with Crippen LogP contribution in [0.2, 0.25) is 0 Å². The third-order valence-corrected chi connectivity index (χ3v) is 5.24. The van der Waals surface area contributed by atoms with E-state index in [-0.39, 0.29) is 16.7 Å². The summed E-state index contributed by atoms with van der Waals surface area (Å²) in [5.41, 5.74) is 1.24. The number of hydrogen-bond acceptors (Lipinski definition) is 4. The van der Waals surface area contributed by atoms with Crippen molar-refractivity contribution in [3.05, 3.63) is 39.9 Å². The summed E-state index contributed by atoms with van der Waals surface area (Å²) < 4.78 is 0. The Bertz CT molecular complexity index is 534. The molecular formula is C16H23N3O2. The molecule has 0 radical (unpaired) electrons. The first kappa shape index (κ1) is 14.5. The minimum absolute atomic E-state index is 0.188. The molecule has 1 aromatic carbocycles. The summed E-state index contributed by atoms with van der Waals surface area (Å²) in [4.78, 5) is 13.2. The van der Waals surface area contributed by atoms with Crippen LogP contribution in [0.3, 0.4) is 0 Å². The van der Waals surface area contributed by atoms with Crippen molar-refractivity contribution in [2.45, 2.75) is 32.4 Å². The maximum absolute atomic E-state index is 11.0. The highest BCUT2D eigenvalue weighted by Crippen LogP contribution is 2.39. The number of non-ortho nitro benzene ring substituents is 1. The molecule has 1 aromatic rings. The van der Waals surface area contributed by atoms with Gasteiger partial charge in [0.1, 0.15) is 0 Å². The van der Waals surface area contributed by atoms with Crippen molar-refractivity contribution in [2.24, 2.45) is 11.8 Å². The zero-order valence-corrected chi connectivity index (χ0v) is 12.7. The van der Waals surface area contributed by atoms with Crippen LogP contribution < -0.4 is 5.32 Å². The molecule has 21 heavy (non-hydrogen) atoms. The Kier molecular flexibility index (Phi) is 3.95. The molecule has 0 amide bonds. The van der Waals surface area contributed by atoms with Gasteiger partial charge in [-0.05, 0) is 43.8 Å². The molecule has 0 bridgehead atoms. The summed E-state index contributed by atoms with van der Waals surface area (Å²) in [6, 6.07) is 7.92. The van der Waals surface area contributed by atoms with Crippen molar-refractivity contribution >= 4 is 5.69 Å². The maximum atomic E-state index is 11.0. The molecule has 3 rings (SSSR count). The second-order valence-electron chi connectivity index (χ2n) is 6.28. The topological polar surface area (TPSA) is 58.4 Å². The molecule has 0 spiro atoms. The average Bonchev–Trinajstić information content (AvgIpc) is 3.06. The fourth-order valence-electron chi connectivity index (χ4n) is 4.13. The zero-order chi connectivity index (χ0) is 15.0. The predicted octanol–water partition coefficient (Wildman–Crippen LogP) is 2.59. The van der Waals surface area contributed by atoms with Gasteiger partial charge in [-0.25, -0.2) is 0 Å². The normalized spacial score (nSPS) is 30.3. The molecule has 0 aromatic heterocycles. The van der Waals surface area contributed by atoms with Gasteiger partial charge in [-0.1, -0.05) is 19.1 Å². The van der Waals surface area contributed by atoms with E-state index in [9.17, 15) is 10.1 Å². The maximum Gasteiger partial charge on any atom is 0.269 e. The Morgan fingerprint density at radius 1 is 1.48 bits per heavy atom. The third-order valence-electron chi connectivity index (χ3n) is 5.24. The van der Waals surface area contributed by atoms with E-state index in [2.05, 4.69) is 24.1 Å². The van der Waals surface area contributed by atoms with Gasteiger partial charge < -0.3 is 5.32 Å². The standard InChI is InChI=1S/C16H23N3O2/c1-3-16-15-9-17-8-13(15)10-18(16)11(2)12-5-4-6-14(7-12)19(20)21/h4-7,11,13,15-17H,3,8-10H2,1-2H3. The van der Waals surface area contributed by atoms with E-state index in [1.165, 1.54) is 0 Å². The molecule has 5 nitrogen and oxygen atoms in total. The van der Waals surface area contributed by atoms with Crippen LogP contribution >= 0.6 is 0 Å². The first-order chi connectivity index (χ1) is 10.1. The average molecular weight is 289 g/mol. The van der Waals surface area contributed by atoms with Gasteiger partial charge >= 0.3 is 0 Å². The van der Waals surface area contributed by atoms with E-state index in [1.807, 2.05) is 6.07 Å². The summed E-state index contributed by atoms with van der Waals surface area (Å²) in [6.45, 7) is 7.75. The van der Waals surface area contributed by atoms with Crippen LogP contribution in [0.1, 0.15) is 31.9 Å². The van der Waals surface area contributed by atoms with Gasteiger partial charge in [-0.3, -0.25) is 15.0 Å². The fraction of sp³-hybridized carbons (Fsp3) is 0.625. The lowest BCUT2D eigenvalue weighted by atomic mass is 9.92. The largest absolute Gasteiger partial charge is 0.316 e. The second-order valence-corrected chi connectivity index (χ2v) is 6.28. The number of likely N-dealkylation sites (tertiary alicyclic amines) is 1. The summed E-state index contributed by atoms with van der Waals surface area (Å²) in [7, 11) is 0. The summed E-state index contributed by atoms with van der Waals surface area (Å²) in [6.07, 6.45) is 1.14. The minimum atomic E-state index is -0.309. The van der Waals surface area contributed by atoms with Crippen molar-refractivity contribution in [1.29, 1.82) is 0 Å². The lowest BCUT2D eigenvalue weighted by Crippen LogP contribution is -2.36. The predicted molar refractivity (Wildman–Crippen MR) is 82.1 cm³/mol. The number of rotatable bonds is 4. The zero-order valence-electron chi connectivity index (χ0n) is 12.7. The van der Waals surface area contributed by atoms with Crippen molar-refractivity contribution < 1.29 is 4.92 Å². The molecule has 4 unspecified atom stereocenters. The van der Waals surface area contributed by atoms with Gasteiger partial charge in [0.05, 0.1) is 4.92 Å². The van der Waals surface area contributed by atoms with Gasteiger partial charge in [0, 0.05) is 30.8 Å². The van der Waals surface area contributed by atoms with Crippen LogP contribution in [0.25, 0.3) is 0 Å². The monoisotopic (exact) mass is 289 g/mol. The number of benzene rings is 1. The first-order valence-electron chi connectivity index (χ1n) is 7.82. The molecule has 114 valence electrons.